The van der Waals surface area contributed by atoms with E-state index in [1.165, 1.54) is 29.4 Å². The van der Waals surface area contributed by atoms with Crippen molar-refractivity contribution in [2.24, 2.45) is 16.0 Å². The molecule has 3 heterocycles. The monoisotopic (exact) mass is 1190 g/mol. The van der Waals surface area contributed by atoms with Crippen molar-refractivity contribution in [3.05, 3.63) is 59.8 Å². The second-order valence-corrected chi connectivity index (χ2v) is 22.0. The number of fused-ring (bicyclic) bond motifs is 6. The van der Waals surface area contributed by atoms with Gasteiger partial charge in [0.1, 0.15) is 41.1 Å². The molecule has 23 nitrogen and oxygen atoms in total. The highest BCUT2D eigenvalue weighted by Crippen LogP contribution is 2.33. The highest BCUT2D eigenvalue weighted by Gasteiger charge is 2.41. The van der Waals surface area contributed by atoms with Crippen LogP contribution in [0.4, 0.5) is 33.6 Å². The molecule has 82 heavy (non-hydrogen) atoms. The number of amides is 4. The first kappa shape index (κ1) is 67.8. The maximum Gasteiger partial charge on any atom is 0.490 e. The summed E-state index contributed by atoms with van der Waals surface area (Å²) in [5, 5.41) is 15.6. The third-order valence-electron chi connectivity index (χ3n) is 12.0. The molecule has 456 valence electrons. The van der Waals surface area contributed by atoms with Gasteiger partial charge < -0.3 is 65.0 Å². The minimum atomic E-state index is -5.08. The molecule has 5 rings (SSSR count). The fourth-order valence-electron chi connectivity index (χ4n) is 8.09. The molecule has 6 N–H and O–H groups in total. The van der Waals surface area contributed by atoms with Crippen LogP contribution in [0.15, 0.2) is 47.0 Å². The average molecular weight is 1190 g/mol. The third kappa shape index (κ3) is 24.0. The predicted octanol–water partition coefficient (Wildman–Crippen LogP) is 4.76. The van der Waals surface area contributed by atoms with Crippen molar-refractivity contribution >= 4 is 56.9 Å². The van der Waals surface area contributed by atoms with Crippen LogP contribution in [0.2, 0.25) is 0 Å². The summed E-state index contributed by atoms with van der Waals surface area (Å²) in [6.07, 6.45) is -0.341. The summed E-state index contributed by atoms with van der Waals surface area (Å²) >= 11 is 0. The number of ether oxygens (including phenoxy) is 6. The summed E-state index contributed by atoms with van der Waals surface area (Å²) < 4.78 is 113. The van der Waals surface area contributed by atoms with Gasteiger partial charge in [0, 0.05) is 49.1 Å². The van der Waals surface area contributed by atoms with E-state index in [1.54, 1.807) is 32.0 Å². The number of carbonyl (C=O) groups is 6. The van der Waals surface area contributed by atoms with Crippen LogP contribution in [0.1, 0.15) is 70.8 Å². The lowest BCUT2D eigenvalue weighted by atomic mass is 10.0. The quantitative estimate of drug-likeness (QED) is 0.0411. The first-order valence-electron chi connectivity index (χ1n) is 26.5. The maximum absolute atomic E-state index is 15.2. The van der Waals surface area contributed by atoms with Gasteiger partial charge in [-0.15, -0.1) is 0 Å². The lowest BCUT2D eigenvalue weighted by Gasteiger charge is -2.30. The molecule has 1 aromatic heterocycles. The summed E-state index contributed by atoms with van der Waals surface area (Å²) in [6, 6.07) is 5.00. The fraction of sp³-hybridized carbons (Fsp3) is 0.585. The molecule has 29 heteroatoms. The van der Waals surface area contributed by atoms with Crippen LogP contribution in [-0.4, -0.2) is 188 Å². The van der Waals surface area contributed by atoms with Gasteiger partial charge in [0.15, 0.2) is 5.82 Å². The molecule has 0 aliphatic carbocycles. The number of hydrogen-bond acceptors (Lipinski definition) is 18. The number of nitrogens with two attached hydrogens (primary N) is 1. The van der Waals surface area contributed by atoms with Gasteiger partial charge in [0.2, 0.25) is 23.7 Å². The second kappa shape index (κ2) is 34.1. The van der Waals surface area contributed by atoms with E-state index in [4.69, 9.17) is 44.1 Å². The number of likely N-dealkylation sites (tertiary alicyclic amines) is 1. The molecule has 2 aliphatic heterocycles. The number of anilines is 2. The Kier molecular flexibility index (Phi) is 28.2. The Balaban J connectivity index is 0.00000193. The highest BCUT2D eigenvalue weighted by atomic mass is 32.2. The van der Waals surface area contributed by atoms with Gasteiger partial charge in [0.05, 0.1) is 87.6 Å². The number of carbonyl (C=O) groups excluding carboxylic acids is 5. The smallest absolute Gasteiger partial charge is 0.490 e. The number of aliphatic carboxylic acids is 1. The molecule has 4 bridgehead atoms. The van der Waals surface area contributed by atoms with E-state index in [-0.39, 0.29) is 87.7 Å². The van der Waals surface area contributed by atoms with Crippen molar-refractivity contribution in [3.8, 4) is 22.8 Å². The lowest BCUT2D eigenvalue weighted by Crippen LogP contribution is -2.56. The fourth-order valence-corrected chi connectivity index (χ4v) is 9.43. The molecule has 3 aromatic rings. The second-order valence-electron chi connectivity index (χ2n) is 19.6. The van der Waals surface area contributed by atoms with Crippen LogP contribution >= 0.6 is 0 Å². The number of halogens is 5. The van der Waals surface area contributed by atoms with Crippen molar-refractivity contribution < 1.29 is 88.5 Å². The van der Waals surface area contributed by atoms with Crippen molar-refractivity contribution in [2.45, 2.75) is 95.3 Å². The van der Waals surface area contributed by atoms with Gasteiger partial charge in [-0.2, -0.15) is 17.5 Å². The number of rotatable bonds is 26. The number of benzene rings is 2. The van der Waals surface area contributed by atoms with E-state index in [2.05, 4.69) is 30.3 Å². The summed E-state index contributed by atoms with van der Waals surface area (Å²) in [6.45, 7) is 6.93. The third-order valence-corrected chi connectivity index (χ3v) is 13.4. The van der Waals surface area contributed by atoms with E-state index < -0.39 is 93.6 Å². The number of esters is 1. The van der Waals surface area contributed by atoms with Gasteiger partial charge in [-0.1, -0.05) is 13.8 Å². The normalized spacial score (nSPS) is 15.8. The van der Waals surface area contributed by atoms with E-state index in [0.717, 1.165) is 19.2 Å². The summed E-state index contributed by atoms with van der Waals surface area (Å²) in [4.78, 5) is 89.2. The molecule has 4 amide bonds. The van der Waals surface area contributed by atoms with E-state index in [0.29, 0.717) is 69.0 Å². The van der Waals surface area contributed by atoms with Crippen LogP contribution < -0.4 is 31.2 Å². The van der Waals surface area contributed by atoms with Crippen molar-refractivity contribution in [1.82, 2.24) is 30.4 Å². The van der Waals surface area contributed by atoms with Gasteiger partial charge in [-0.3, -0.25) is 24.0 Å². The SMILES string of the molecule is CC(C)[C@H](NC(=O)[C@@H]1CCCN1C(=O)[C@H](CC(=O)OCCCCN(C)C)NC(=O)CCOCCOCCOCCN)C(=O)N=[S@](C)(=O)Cc1cc2cc(c1)OCCCCOc1cc(F)ccc1-c1nc(ncc1F)N2.O=C(O)C(F)(F)F. The van der Waals surface area contributed by atoms with Crippen molar-refractivity contribution in [3.63, 3.8) is 0 Å². The molecule has 2 aromatic carbocycles. The molecule has 1 fully saturated rings. The summed E-state index contributed by atoms with van der Waals surface area (Å²) in [7, 11) is 0.518. The Morgan fingerprint density at radius 3 is 2.26 bits per heavy atom. The van der Waals surface area contributed by atoms with Gasteiger partial charge >= 0.3 is 18.1 Å². The standard InChI is InChI=1S/C51H73F2N9O12S.C2HF3O2/c1-34(2)46(49(66)60-75(5,68)33-35-27-37-30-38(28-35)72-18-8-9-19-73-43-29-36(52)12-13-39(43)47-40(53)32-55-51(56-37)59-47)58-48(65)42-11-10-17-62(42)50(67)41(31-45(64)74-20-7-6-16-61(3)4)57-44(63)14-21-69-23-25-71-26-24-70-22-15-54;3-2(4,5)1(6)7/h12-13,27-30,32,34,41-42,46H,6-11,14-26,31,33,54H2,1-5H3,(H,57,63)(H,58,65)(H,55,56,59);(H,6,7)/t41-,42-,46-,75+;/m0./s1. The molecule has 0 saturated carbocycles. The number of carboxylic acid groups (broad SMARTS) is 1. The summed E-state index contributed by atoms with van der Waals surface area (Å²) in [5.41, 5.74) is 6.34. The van der Waals surface area contributed by atoms with Crippen LogP contribution in [0.3, 0.4) is 0 Å². The molecular formula is C53H74F5N9O14S. The van der Waals surface area contributed by atoms with Gasteiger partial charge in [-0.05, 0) is 94.9 Å². The number of nitrogens with zero attached hydrogens (tertiary/aromatic N) is 5. The van der Waals surface area contributed by atoms with Crippen LogP contribution in [0, 0.1) is 17.6 Å². The largest absolute Gasteiger partial charge is 0.494 e. The predicted molar refractivity (Wildman–Crippen MR) is 289 cm³/mol. The highest BCUT2D eigenvalue weighted by molar-refractivity contribution is 7.92. The molecule has 0 spiro atoms. The molecule has 0 radical (unpaired) electrons. The zero-order valence-electron chi connectivity index (χ0n) is 46.6. The Bertz CT molecular complexity index is 2730. The Morgan fingerprint density at radius 1 is 0.927 bits per heavy atom. The Hall–Kier alpha value is -6.66. The van der Waals surface area contributed by atoms with E-state index in [1.807, 2.05) is 19.0 Å². The maximum atomic E-state index is 15.2. The first-order valence-corrected chi connectivity index (χ1v) is 28.6. The molecule has 4 atom stereocenters. The van der Waals surface area contributed by atoms with E-state index >= 15 is 4.39 Å². The number of hydrogen-bond donors (Lipinski definition) is 5. The zero-order chi connectivity index (χ0) is 60.4. The Morgan fingerprint density at radius 2 is 1.60 bits per heavy atom. The number of nitrogens with one attached hydrogen (secondary N) is 3. The molecule has 1 saturated heterocycles. The number of aromatic nitrogens is 2. The number of unbranched alkanes of at least 4 members (excludes halogenated alkanes) is 1. The lowest BCUT2D eigenvalue weighted by molar-refractivity contribution is -0.192. The number of alkyl halides is 3. The molecule has 2 aliphatic rings. The van der Waals surface area contributed by atoms with Crippen molar-refractivity contribution in [2.75, 3.05) is 105 Å². The average Bonchev–Trinajstić information content (AvgIpc) is 4.00. The van der Waals surface area contributed by atoms with Crippen LogP contribution in [0.5, 0.6) is 11.5 Å². The minimum Gasteiger partial charge on any atom is -0.494 e. The molecule has 0 unspecified atom stereocenters. The Labute approximate surface area is 473 Å². The van der Waals surface area contributed by atoms with Gasteiger partial charge in [0.25, 0.3) is 5.91 Å². The van der Waals surface area contributed by atoms with E-state index in [9.17, 15) is 45.7 Å². The minimum absolute atomic E-state index is 0.00942. The summed E-state index contributed by atoms with van der Waals surface area (Å²) in [5.74, 6) is -7.81. The molecular weight excluding hydrogens is 1110 g/mol. The van der Waals surface area contributed by atoms with Crippen LogP contribution in [0.25, 0.3) is 11.3 Å². The number of carboxylic acids is 1. The topological polar surface area (TPSA) is 302 Å². The van der Waals surface area contributed by atoms with Gasteiger partial charge in [-0.25, -0.2) is 27.8 Å². The zero-order valence-corrected chi connectivity index (χ0v) is 47.4. The van der Waals surface area contributed by atoms with Crippen molar-refractivity contribution in [1.29, 1.82) is 0 Å². The first-order chi connectivity index (χ1) is 38.9. The van der Waals surface area contributed by atoms with Crippen LogP contribution in [-0.2, 0) is 63.2 Å².